The van der Waals surface area contributed by atoms with E-state index in [0.717, 1.165) is 12.1 Å². The molecule has 0 radical (unpaired) electrons. The number of hydrogen-bond acceptors (Lipinski definition) is 3. The lowest BCUT2D eigenvalue weighted by Crippen LogP contribution is -2.29. The van der Waals surface area contributed by atoms with Crippen molar-refractivity contribution < 1.29 is 13.2 Å². The van der Waals surface area contributed by atoms with Crippen LogP contribution in [0.25, 0.3) is 0 Å². The van der Waals surface area contributed by atoms with Crippen molar-refractivity contribution in [1.82, 2.24) is 10.4 Å². The van der Waals surface area contributed by atoms with Gasteiger partial charge in [0.15, 0.2) is 0 Å². The number of aromatic nitrogens is 1. The van der Waals surface area contributed by atoms with Crippen molar-refractivity contribution in [3.8, 4) is 0 Å². The molecule has 1 heterocycles. The van der Waals surface area contributed by atoms with Gasteiger partial charge in [0.2, 0.25) is 0 Å². The monoisotopic (exact) mass is 267 g/mol. The number of halogens is 3. The molecule has 1 aromatic heterocycles. The summed E-state index contributed by atoms with van der Waals surface area (Å²) in [5.74, 6) is 5.44. The van der Waals surface area contributed by atoms with E-state index in [4.69, 9.17) is 5.84 Å². The van der Waals surface area contributed by atoms with Gasteiger partial charge in [0, 0.05) is 12.4 Å². The second-order valence-corrected chi connectivity index (χ2v) is 4.01. The molecule has 0 bridgehead atoms. The maximum Gasteiger partial charge on any atom is 0.416 e. The predicted molar refractivity (Wildman–Crippen MR) is 64.8 cm³/mol. The summed E-state index contributed by atoms with van der Waals surface area (Å²) in [5, 5.41) is 0. The molecule has 0 fully saturated rings. The SMILES string of the molecule is NNC(c1cccnc1)c1cccc(C(F)(F)F)c1. The fourth-order valence-electron chi connectivity index (χ4n) is 1.83. The molecular formula is C13H12F3N3. The van der Waals surface area contributed by atoms with Gasteiger partial charge in [-0.15, -0.1) is 0 Å². The van der Waals surface area contributed by atoms with E-state index in [9.17, 15) is 13.2 Å². The van der Waals surface area contributed by atoms with Crippen molar-refractivity contribution in [3.63, 3.8) is 0 Å². The fourth-order valence-corrected chi connectivity index (χ4v) is 1.83. The van der Waals surface area contributed by atoms with Gasteiger partial charge in [-0.2, -0.15) is 13.2 Å². The minimum atomic E-state index is -4.37. The number of benzene rings is 1. The lowest BCUT2D eigenvalue weighted by Gasteiger charge is -2.18. The molecular weight excluding hydrogens is 255 g/mol. The number of nitrogens with two attached hydrogens (primary N) is 1. The van der Waals surface area contributed by atoms with Crippen molar-refractivity contribution in [2.45, 2.75) is 12.2 Å². The van der Waals surface area contributed by atoms with Crippen molar-refractivity contribution in [3.05, 3.63) is 65.5 Å². The van der Waals surface area contributed by atoms with Crippen LogP contribution in [0.2, 0.25) is 0 Å². The van der Waals surface area contributed by atoms with Gasteiger partial charge in [0.05, 0.1) is 11.6 Å². The van der Waals surface area contributed by atoms with Crippen molar-refractivity contribution >= 4 is 0 Å². The molecule has 6 heteroatoms. The molecule has 3 N–H and O–H groups in total. The van der Waals surface area contributed by atoms with E-state index in [1.54, 1.807) is 30.6 Å². The van der Waals surface area contributed by atoms with Crippen LogP contribution in [0.5, 0.6) is 0 Å². The Labute approximate surface area is 108 Å². The highest BCUT2D eigenvalue weighted by Gasteiger charge is 2.31. The summed E-state index contributed by atoms with van der Waals surface area (Å²) < 4.78 is 38.0. The zero-order valence-corrected chi connectivity index (χ0v) is 9.85. The highest BCUT2D eigenvalue weighted by Crippen LogP contribution is 2.31. The summed E-state index contributed by atoms with van der Waals surface area (Å²) in [4.78, 5) is 3.93. The van der Waals surface area contributed by atoms with E-state index in [0.29, 0.717) is 11.1 Å². The fraction of sp³-hybridized carbons (Fsp3) is 0.154. The molecule has 0 saturated carbocycles. The zero-order valence-electron chi connectivity index (χ0n) is 9.85. The molecule has 2 aromatic rings. The highest BCUT2D eigenvalue weighted by atomic mass is 19.4. The maximum atomic E-state index is 12.7. The predicted octanol–water partition coefficient (Wildman–Crippen LogP) is 2.65. The smallest absolute Gasteiger partial charge is 0.271 e. The highest BCUT2D eigenvalue weighted by molar-refractivity contribution is 5.33. The van der Waals surface area contributed by atoms with E-state index >= 15 is 0 Å². The number of rotatable bonds is 3. The van der Waals surface area contributed by atoms with Crippen LogP contribution in [0.1, 0.15) is 22.7 Å². The third-order valence-electron chi connectivity index (χ3n) is 2.73. The number of nitrogens with zero attached hydrogens (tertiary/aromatic N) is 1. The minimum Gasteiger partial charge on any atom is -0.271 e. The first-order valence-electron chi connectivity index (χ1n) is 5.55. The zero-order chi connectivity index (χ0) is 13.9. The van der Waals surface area contributed by atoms with Gasteiger partial charge >= 0.3 is 6.18 Å². The number of hydrogen-bond donors (Lipinski definition) is 2. The molecule has 0 amide bonds. The van der Waals surface area contributed by atoms with Crippen LogP contribution in [0, 0.1) is 0 Å². The Morgan fingerprint density at radius 1 is 1.11 bits per heavy atom. The molecule has 0 aliphatic rings. The molecule has 1 aromatic carbocycles. The topological polar surface area (TPSA) is 50.9 Å². The largest absolute Gasteiger partial charge is 0.416 e. The summed E-state index contributed by atoms with van der Waals surface area (Å²) in [6, 6.07) is 7.98. The van der Waals surface area contributed by atoms with Crippen LogP contribution in [-0.2, 0) is 6.18 Å². The van der Waals surface area contributed by atoms with E-state index in [-0.39, 0.29) is 0 Å². The van der Waals surface area contributed by atoms with Crippen molar-refractivity contribution in [2.75, 3.05) is 0 Å². The van der Waals surface area contributed by atoms with Crippen LogP contribution >= 0.6 is 0 Å². The Bertz CT molecular complexity index is 540. The van der Waals surface area contributed by atoms with E-state index < -0.39 is 17.8 Å². The molecule has 3 nitrogen and oxygen atoms in total. The summed E-state index contributed by atoms with van der Waals surface area (Å²) in [6.45, 7) is 0. The Morgan fingerprint density at radius 2 is 1.84 bits per heavy atom. The Hall–Kier alpha value is -1.92. The molecule has 19 heavy (non-hydrogen) atoms. The van der Waals surface area contributed by atoms with E-state index in [1.807, 2.05) is 0 Å². The number of hydrazine groups is 1. The average Bonchev–Trinajstić information content (AvgIpc) is 2.40. The van der Waals surface area contributed by atoms with Gasteiger partial charge in [-0.1, -0.05) is 18.2 Å². The van der Waals surface area contributed by atoms with Crippen LogP contribution < -0.4 is 11.3 Å². The summed E-state index contributed by atoms with van der Waals surface area (Å²) in [6.07, 6.45) is -1.22. The minimum absolute atomic E-state index is 0.435. The molecule has 1 unspecified atom stereocenters. The Kier molecular flexibility index (Phi) is 3.82. The molecule has 0 aliphatic carbocycles. The standard InChI is InChI=1S/C13H12F3N3/c14-13(15,16)11-5-1-3-9(7-11)12(19-17)10-4-2-6-18-8-10/h1-8,12,19H,17H2. The molecule has 0 aliphatic heterocycles. The van der Waals surface area contributed by atoms with Gasteiger partial charge in [-0.3, -0.25) is 10.8 Å². The normalized spacial score (nSPS) is 13.3. The van der Waals surface area contributed by atoms with Gasteiger partial charge in [0.25, 0.3) is 0 Å². The summed E-state index contributed by atoms with van der Waals surface area (Å²) >= 11 is 0. The molecule has 0 spiro atoms. The van der Waals surface area contributed by atoms with Crippen molar-refractivity contribution in [2.24, 2.45) is 5.84 Å². The first-order valence-corrected chi connectivity index (χ1v) is 5.55. The first-order chi connectivity index (χ1) is 9.02. The van der Waals surface area contributed by atoms with E-state index in [2.05, 4.69) is 10.4 Å². The quantitative estimate of drug-likeness (QED) is 0.664. The average molecular weight is 267 g/mol. The summed E-state index contributed by atoms with van der Waals surface area (Å²) in [7, 11) is 0. The second-order valence-electron chi connectivity index (χ2n) is 4.01. The lowest BCUT2D eigenvalue weighted by atomic mass is 9.99. The van der Waals surface area contributed by atoms with Crippen LogP contribution in [0.4, 0.5) is 13.2 Å². The van der Waals surface area contributed by atoms with Gasteiger partial charge in [-0.25, -0.2) is 5.43 Å². The van der Waals surface area contributed by atoms with E-state index in [1.165, 1.54) is 6.07 Å². The van der Waals surface area contributed by atoms with Crippen LogP contribution in [0.15, 0.2) is 48.8 Å². The summed E-state index contributed by atoms with van der Waals surface area (Å²) in [5.41, 5.74) is 2.94. The van der Waals surface area contributed by atoms with Crippen LogP contribution in [0.3, 0.4) is 0 Å². The molecule has 1 atom stereocenters. The lowest BCUT2D eigenvalue weighted by molar-refractivity contribution is -0.137. The van der Waals surface area contributed by atoms with Crippen molar-refractivity contribution in [1.29, 1.82) is 0 Å². The molecule has 0 saturated heterocycles. The maximum absolute atomic E-state index is 12.7. The number of alkyl halides is 3. The Morgan fingerprint density at radius 3 is 2.42 bits per heavy atom. The number of nitrogens with one attached hydrogen (secondary N) is 1. The third-order valence-corrected chi connectivity index (χ3v) is 2.73. The first kappa shape index (κ1) is 13.5. The molecule has 100 valence electrons. The molecule has 2 rings (SSSR count). The van der Waals surface area contributed by atoms with Gasteiger partial charge in [-0.05, 0) is 29.3 Å². The third kappa shape index (κ3) is 3.10. The van der Waals surface area contributed by atoms with Gasteiger partial charge in [0.1, 0.15) is 0 Å². The van der Waals surface area contributed by atoms with Crippen LogP contribution in [-0.4, -0.2) is 4.98 Å². The number of pyridine rings is 1. The van der Waals surface area contributed by atoms with Gasteiger partial charge < -0.3 is 0 Å². The Balaban J connectivity index is 2.40. The second kappa shape index (κ2) is 5.38.